The molecule has 0 aliphatic rings. The molecule has 2 N–H and O–H groups in total. The number of hydrogen-bond donors (Lipinski definition) is 2. The zero-order valence-corrected chi connectivity index (χ0v) is 10.9. The highest BCUT2D eigenvalue weighted by atomic mass is 32.1. The number of hydroxylamine groups is 1. The van der Waals surface area contributed by atoms with Crippen LogP contribution < -0.4 is 5.48 Å². The van der Waals surface area contributed by atoms with Crippen LogP contribution in [0.1, 0.15) is 4.88 Å². The Hall–Kier alpha value is -2.17. The summed E-state index contributed by atoms with van der Waals surface area (Å²) in [6.07, 6.45) is 0. The summed E-state index contributed by atoms with van der Waals surface area (Å²) in [6.45, 7) is 0. The molecule has 3 rings (SSSR count). The predicted molar refractivity (Wildman–Crippen MR) is 79.4 cm³/mol. The average Bonchev–Trinajstić information content (AvgIpc) is 2.89. The van der Waals surface area contributed by atoms with Crippen molar-refractivity contribution in [2.24, 2.45) is 4.99 Å². The van der Waals surface area contributed by atoms with Gasteiger partial charge in [-0.2, -0.15) is 0 Å². The predicted octanol–water partition coefficient (Wildman–Crippen LogP) is 3.96. The Morgan fingerprint density at radius 2 is 1.74 bits per heavy atom. The van der Waals surface area contributed by atoms with Crippen LogP contribution in [-0.2, 0) is 0 Å². The molecule has 0 aliphatic carbocycles. The Balaban J connectivity index is 2.04. The molecule has 19 heavy (non-hydrogen) atoms. The number of aliphatic imine (C=N–C) groups is 1. The van der Waals surface area contributed by atoms with Gasteiger partial charge in [-0.1, -0.05) is 36.4 Å². The van der Waals surface area contributed by atoms with Gasteiger partial charge in [0.1, 0.15) is 0 Å². The highest BCUT2D eigenvalue weighted by Gasteiger charge is 2.07. The maximum Gasteiger partial charge on any atom is 0.167 e. The van der Waals surface area contributed by atoms with Crippen LogP contribution in [-0.4, -0.2) is 11.0 Å². The Bertz CT molecular complexity index is 686. The van der Waals surface area contributed by atoms with E-state index in [0.717, 1.165) is 16.0 Å². The molecular formula is C15H12N2OS. The van der Waals surface area contributed by atoms with E-state index in [4.69, 9.17) is 0 Å². The molecule has 0 amide bonds. The average molecular weight is 268 g/mol. The van der Waals surface area contributed by atoms with Crippen molar-refractivity contribution in [2.75, 3.05) is 0 Å². The van der Waals surface area contributed by atoms with Gasteiger partial charge in [-0.25, -0.2) is 4.99 Å². The zero-order chi connectivity index (χ0) is 13.1. The van der Waals surface area contributed by atoms with Crippen molar-refractivity contribution >= 4 is 32.9 Å². The van der Waals surface area contributed by atoms with Crippen molar-refractivity contribution in [3.8, 4) is 0 Å². The normalized spacial score (nSPS) is 11.7. The van der Waals surface area contributed by atoms with Crippen LogP contribution in [0, 0.1) is 0 Å². The summed E-state index contributed by atoms with van der Waals surface area (Å²) in [5.41, 5.74) is 2.99. The molecule has 1 aromatic heterocycles. The van der Waals surface area contributed by atoms with Crippen molar-refractivity contribution in [1.82, 2.24) is 5.48 Å². The molecule has 1 heterocycles. The lowest BCUT2D eigenvalue weighted by atomic mass is 10.2. The monoisotopic (exact) mass is 268 g/mol. The number of amidine groups is 1. The second-order valence-corrected chi connectivity index (χ2v) is 5.14. The minimum absolute atomic E-state index is 0.465. The van der Waals surface area contributed by atoms with E-state index in [9.17, 15) is 5.21 Å². The van der Waals surface area contributed by atoms with Crippen molar-refractivity contribution < 1.29 is 5.21 Å². The Morgan fingerprint density at radius 1 is 1.00 bits per heavy atom. The second-order valence-electron chi connectivity index (χ2n) is 4.06. The molecule has 4 heteroatoms. The molecular weight excluding hydrogens is 256 g/mol. The first-order chi connectivity index (χ1) is 9.36. The fourth-order valence-electron chi connectivity index (χ4n) is 1.87. The Labute approximate surface area is 114 Å². The van der Waals surface area contributed by atoms with Gasteiger partial charge in [-0.3, -0.25) is 10.7 Å². The smallest absolute Gasteiger partial charge is 0.167 e. The number of fused-ring (bicyclic) bond motifs is 1. The number of thiophene rings is 1. The molecule has 94 valence electrons. The molecule has 0 saturated heterocycles. The summed E-state index contributed by atoms with van der Waals surface area (Å²) in [6, 6.07) is 19.7. The van der Waals surface area contributed by atoms with Gasteiger partial charge in [0.25, 0.3) is 0 Å². The van der Waals surface area contributed by atoms with Gasteiger partial charge in [0.2, 0.25) is 0 Å². The third-order valence-corrected chi connectivity index (χ3v) is 3.88. The molecule has 0 spiro atoms. The molecule has 3 aromatic rings. The number of rotatable bonds is 2. The molecule has 0 saturated carbocycles. The Kier molecular flexibility index (Phi) is 3.27. The molecule has 0 aliphatic heterocycles. The third-order valence-electron chi connectivity index (χ3n) is 2.76. The molecule has 0 radical (unpaired) electrons. The highest BCUT2D eigenvalue weighted by Crippen LogP contribution is 2.26. The number of hydrogen-bond acceptors (Lipinski definition) is 3. The van der Waals surface area contributed by atoms with E-state index < -0.39 is 0 Å². The van der Waals surface area contributed by atoms with Gasteiger partial charge in [0.05, 0.1) is 10.6 Å². The van der Waals surface area contributed by atoms with E-state index in [0.29, 0.717) is 5.84 Å². The fraction of sp³-hybridized carbons (Fsp3) is 0. The number of nitrogens with zero attached hydrogens (tertiary/aromatic N) is 1. The zero-order valence-electron chi connectivity index (χ0n) is 10.1. The number of para-hydroxylation sites is 1. The molecule has 0 fully saturated rings. The van der Waals surface area contributed by atoms with Gasteiger partial charge >= 0.3 is 0 Å². The van der Waals surface area contributed by atoms with E-state index >= 15 is 0 Å². The van der Waals surface area contributed by atoms with Gasteiger partial charge in [-0.05, 0) is 29.7 Å². The first-order valence-electron chi connectivity index (χ1n) is 5.89. The van der Waals surface area contributed by atoms with Crippen molar-refractivity contribution in [2.45, 2.75) is 0 Å². The summed E-state index contributed by atoms with van der Waals surface area (Å²) < 4.78 is 1.17. The minimum Gasteiger partial charge on any atom is -0.290 e. The third kappa shape index (κ3) is 2.50. The summed E-state index contributed by atoms with van der Waals surface area (Å²) in [4.78, 5) is 5.32. The van der Waals surface area contributed by atoms with Crippen LogP contribution in [0.25, 0.3) is 10.1 Å². The topological polar surface area (TPSA) is 44.6 Å². The molecule has 0 unspecified atom stereocenters. The highest BCUT2D eigenvalue weighted by molar-refractivity contribution is 7.20. The molecule has 3 nitrogen and oxygen atoms in total. The van der Waals surface area contributed by atoms with Gasteiger partial charge in [-0.15, -0.1) is 11.3 Å². The minimum atomic E-state index is 0.465. The lowest BCUT2D eigenvalue weighted by Crippen LogP contribution is -2.18. The van der Waals surface area contributed by atoms with Crippen LogP contribution >= 0.6 is 11.3 Å². The van der Waals surface area contributed by atoms with Crippen molar-refractivity contribution in [1.29, 1.82) is 0 Å². The van der Waals surface area contributed by atoms with E-state index in [2.05, 4.69) is 16.5 Å². The standard InChI is InChI=1S/C15H12N2OS/c18-17-15(16-12-7-2-1-3-8-12)14-10-11-6-4-5-9-13(11)19-14/h1-10,18H,(H,16,17). The van der Waals surface area contributed by atoms with Gasteiger partial charge in [0, 0.05) is 4.70 Å². The van der Waals surface area contributed by atoms with Crippen LogP contribution in [0.15, 0.2) is 65.7 Å². The van der Waals surface area contributed by atoms with Crippen LogP contribution in [0.5, 0.6) is 0 Å². The summed E-state index contributed by atoms with van der Waals surface area (Å²) in [7, 11) is 0. The van der Waals surface area contributed by atoms with Crippen molar-refractivity contribution in [3.05, 3.63) is 65.5 Å². The Morgan fingerprint density at radius 3 is 2.47 bits per heavy atom. The second kappa shape index (κ2) is 5.22. The maximum absolute atomic E-state index is 9.29. The maximum atomic E-state index is 9.29. The molecule has 2 aromatic carbocycles. The first kappa shape index (κ1) is 11.9. The van der Waals surface area contributed by atoms with Crippen LogP contribution in [0.2, 0.25) is 0 Å². The summed E-state index contributed by atoms with van der Waals surface area (Å²) >= 11 is 1.60. The van der Waals surface area contributed by atoms with Crippen LogP contribution in [0.4, 0.5) is 5.69 Å². The van der Waals surface area contributed by atoms with Gasteiger partial charge < -0.3 is 0 Å². The lowest BCUT2D eigenvalue weighted by molar-refractivity contribution is 0.235. The number of benzene rings is 2. The van der Waals surface area contributed by atoms with Crippen LogP contribution in [0.3, 0.4) is 0 Å². The van der Waals surface area contributed by atoms with E-state index in [-0.39, 0.29) is 0 Å². The largest absolute Gasteiger partial charge is 0.290 e. The lowest BCUT2D eigenvalue weighted by Gasteiger charge is -2.01. The number of nitrogens with one attached hydrogen (secondary N) is 1. The summed E-state index contributed by atoms with van der Waals surface area (Å²) in [5.74, 6) is 0.465. The summed E-state index contributed by atoms with van der Waals surface area (Å²) in [5, 5.41) is 10.4. The van der Waals surface area contributed by atoms with Crippen molar-refractivity contribution in [3.63, 3.8) is 0 Å². The first-order valence-corrected chi connectivity index (χ1v) is 6.71. The quantitative estimate of drug-likeness (QED) is 0.420. The van der Waals surface area contributed by atoms with Gasteiger partial charge in [0.15, 0.2) is 5.84 Å². The fourth-order valence-corrected chi connectivity index (χ4v) is 2.87. The molecule has 0 bridgehead atoms. The van der Waals surface area contributed by atoms with E-state index in [1.165, 1.54) is 4.70 Å². The molecule has 0 atom stereocenters. The SMILES string of the molecule is ONC(=Nc1ccccc1)c1cc2ccccc2s1. The van der Waals surface area contributed by atoms with E-state index in [1.807, 2.05) is 54.6 Å². The van der Waals surface area contributed by atoms with E-state index in [1.54, 1.807) is 11.3 Å².